The van der Waals surface area contributed by atoms with Gasteiger partial charge in [-0.2, -0.15) is 4.31 Å². The van der Waals surface area contributed by atoms with Crippen molar-refractivity contribution in [3.63, 3.8) is 0 Å². The predicted molar refractivity (Wildman–Crippen MR) is 147 cm³/mol. The number of benzene rings is 3. The summed E-state index contributed by atoms with van der Waals surface area (Å²) in [6, 6.07) is 18.8. The first-order chi connectivity index (χ1) is 17.8. The molecule has 37 heavy (non-hydrogen) atoms. The fourth-order valence-electron chi connectivity index (χ4n) is 4.58. The fraction of sp³-hybridized carbons (Fsp3) is 0.214. The van der Waals surface area contributed by atoms with Gasteiger partial charge in [0.05, 0.1) is 22.0 Å². The van der Waals surface area contributed by atoms with Crippen molar-refractivity contribution in [2.75, 3.05) is 13.1 Å². The van der Waals surface area contributed by atoms with Gasteiger partial charge in [-0.1, -0.05) is 53.9 Å². The Kier molecular flexibility index (Phi) is 6.90. The molecule has 1 aliphatic rings. The topological polar surface area (TPSA) is 92.0 Å². The number of aryl methyl sites for hydroxylation is 1. The number of aromatic hydroxyl groups is 1. The molecule has 0 spiro atoms. The number of halogens is 1. The SMILES string of the molecule is Cc1ccc(-n2c(O)c(C=Nc3ccc(Cl)c(S(=O)(=O)N4CCCCC4)c3)c3ccccc3c2=O)cc1. The van der Waals surface area contributed by atoms with Crippen LogP contribution in [-0.4, -0.2) is 41.7 Å². The van der Waals surface area contributed by atoms with Gasteiger partial charge in [0.1, 0.15) is 4.90 Å². The Balaban J connectivity index is 1.61. The molecule has 0 bridgehead atoms. The maximum Gasteiger partial charge on any atom is 0.265 e. The van der Waals surface area contributed by atoms with Crippen LogP contribution in [0.15, 0.2) is 81.4 Å². The van der Waals surface area contributed by atoms with E-state index < -0.39 is 10.0 Å². The molecule has 0 unspecified atom stereocenters. The maximum atomic E-state index is 13.3. The highest BCUT2D eigenvalue weighted by Crippen LogP contribution is 2.31. The second-order valence-corrected chi connectivity index (χ2v) is 11.4. The van der Waals surface area contributed by atoms with Gasteiger partial charge in [-0.05, 0) is 56.2 Å². The molecule has 1 saturated heterocycles. The van der Waals surface area contributed by atoms with Crippen LogP contribution in [0.5, 0.6) is 5.88 Å². The predicted octanol–water partition coefficient (Wildman–Crippen LogP) is 5.58. The first-order valence-corrected chi connectivity index (χ1v) is 13.9. The van der Waals surface area contributed by atoms with Gasteiger partial charge in [0.15, 0.2) is 0 Å². The largest absolute Gasteiger partial charge is 0.494 e. The van der Waals surface area contributed by atoms with Gasteiger partial charge in [-0.15, -0.1) is 0 Å². The average Bonchev–Trinajstić information content (AvgIpc) is 2.91. The number of sulfonamides is 1. The monoisotopic (exact) mass is 535 g/mol. The molecule has 7 nitrogen and oxygen atoms in total. The number of rotatable bonds is 5. The van der Waals surface area contributed by atoms with Crippen molar-refractivity contribution in [3.05, 3.63) is 93.2 Å². The van der Waals surface area contributed by atoms with Gasteiger partial charge in [-0.3, -0.25) is 9.79 Å². The van der Waals surface area contributed by atoms with Crippen LogP contribution in [0.3, 0.4) is 0 Å². The zero-order valence-corrected chi connectivity index (χ0v) is 21.8. The van der Waals surface area contributed by atoms with Crippen molar-refractivity contribution < 1.29 is 13.5 Å². The summed E-state index contributed by atoms with van der Waals surface area (Å²) in [4.78, 5) is 17.8. The van der Waals surface area contributed by atoms with Gasteiger partial charge in [0, 0.05) is 30.1 Å². The highest BCUT2D eigenvalue weighted by molar-refractivity contribution is 7.89. The van der Waals surface area contributed by atoms with Crippen LogP contribution in [0.2, 0.25) is 5.02 Å². The molecule has 0 atom stereocenters. The van der Waals surface area contributed by atoms with E-state index in [0.29, 0.717) is 40.8 Å². The van der Waals surface area contributed by atoms with Gasteiger partial charge in [0.25, 0.3) is 5.56 Å². The Morgan fingerprint density at radius 3 is 2.32 bits per heavy atom. The summed E-state index contributed by atoms with van der Waals surface area (Å²) in [5.74, 6) is -0.258. The van der Waals surface area contributed by atoms with E-state index in [0.717, 1.165) is 24.8 Å². The lowest BCUT2D eigenvalue weighted by molar-refractivity contribution is 0.346. The minimum atomic E-state index is -3.76. The van der Waals surface area contributed by atoms with Gasteiger partial charge in [-0.25, -0.2) is 13.0 Å². The van der Waals surface area contributed by atoms with Gasteiger partial charge >= 0.3 is 0 Å². The molecular formula is C28H26ClN3O4S. The van der Waals surface area contributed by atoms with Crippen LogP contribution in [0.4, 0.5) is 5.69 Å². The molecule has 0 saturated carbocycles. The number of piperidine rings is 1. The van der Waals surface area contributed by atoms with Gasteiger partial charge in [0.2, 0.25) is 15.9 Å². The van der Waals surface area contributed by atoms with Gasteiger partial charge < -0.3 is 5.11 Å². The number of pyridine rings is 1. The van der Waals surface area contributed by atoms with Crippen molar-refractivity contribution in [3.8, 4) is 11.6 Å². The van der Waals surface area contributed by atoms with Crippen LogP contribution < -0.4 is 5.56 Å². The molecular weight excluding hydrogens is 510 g/mol. The number of hydrogen-bond donors (Lipinski definition) is 1. The van der Waals surface area contributed by atoms with Crippen molar-refractivity contribution in [2.45, 2.75) is 31.1 Å². The van der Waals surface area contributed by atoms with Crippen LogP contribution in [-0.2, 0) is 10.0 Å². The lowest BCUT2D eigenvalue weighted by Crippen LogP contribution is -2.35. The van der Waals surface area contributed by atoms with Crippen LogP contribution in [0, 0.1) is 6.92 Å². The first kappa shape index (κ1) is 25.2. The maximum absolute atomic E-state index is 13.3. The normalized spacial score (nSPS) is 15.0. The molecule has 1 aliphatic heterocycles. The van der Waals surface area contributed by atoms with Crippen LogP contribution in [0.25, 0.3) is 16.5 Å². The highest BCUT2D eigenvalue weighted by atomic mass is 35.5. The highest BCUT2D eigenvalue weighted by Gasteiger charge is 2.28. The molecule has 5 rings (SSSR count). The third kappa shape index (κ3) is 4.80. The van der Waals surface area contributed by atoms with E-state index in [1.807, 2.05) is 19.1 Å². The van der Waals surface area contributed by atoms with E-state index in [4.69, 9.17) is 11.6 Å². The molecule has 0 aliphatic carbocycles. The van der Waals surface area contributed by atoms with E-state index in [1.165, 1.54) is 27.2 Å². The Labute approximate surface area is 220 Å². The van der Waals surface area contributed by atoms with E-state index in [-0.39, 0.29) is 21.4 Å². The summed E-state index contributed by atoms with van der Waals surface area (Å²) in [7, 11) is -3.76. The molecule has 3 aromatic carbocycles. The summed E-state index contributed by atoms with van der Waals surface area (Å²) in [6.45, 7) is 2.87. The van der Waals surface area contributed by atoms with Crippen LogP contribution in [0.1, 0.15) is 30.4 Å². The molecule has 4 aromatic rings. The molecule has 1 fully saturated rings. The first-order valence-electron chi connectivity index (χ1n) is 12.0. The minimum absolute atomic E-state index is 0.00409. The summed E-state index contributed by atoms with van der Waals surface area (Å²) in [5, 5.41) is 12.3. The van der Waals surface area contributed by atoms with Crippen LogP contribution >= 0.6 is 11.6 Å². The number of aromatic nitrogens is 1. The number of nitrogens with zero attached hydrogens (tertiary/aromatic N) is 3. The van der Waals surface area contributed by atoms with Crippen molar-refractivity contribution in [1.29, 1.82) is 0 Å². The number of aliphatic imine (C=N–C) groups is 1. The second kappa shape index (κ2) is 10.1. The standard InChI is InChI=1S/C28H26ClN3O4S/c1-19-9-12-21(13-10-19)32-27(33)23-8-4-3-7-22(23)24(28(32)34)18-30-20-11-14-25(29)26(17-20)37(35,36)31-15-5-2-6-16-31/h3-4,7-14,17-18,34H,2,5-6,15-16H2,1H3. The Hall–Kier alpha value is -3.46. The van der Waals surface area contributed by atoms with Crippen molar-refractivity contribution in [1.82, 2.24) is 8.87 Å². The molecule has 1 N–H and O–H groups in total. The summed E-state index contributed by atoms with van der Waals surface area (Å²) < 4.78 is 29.2. The Morgan fingerprint density at radius 1 is 0.946 bits per heavy atom. The smallest absolute Gasteiger partial charge is 0.265 e. The lowest BCUT2D eigenvalue weighted by atomic mass is 10.1. The Bertz CT molecular complexity index is 1670. The van der Waals surface area contributed by atoms with E-state index >= 15 is 0 Å². The molecule has 190 valence electrons. The van der Waals surface area contributed by atoms with E-state index in [1.54, 1.807) is 42.5 Å². The zero-order chi connectivity index (χ0) is 26.2. The number of fused-ring (bicyclic) bond motifs is 1. The third-order valence-corrected chi connectivity index (χ3v) is 8.97. The Morgan fingerprint density at radius 2 is 1.62 bits per heavy atom. The van der Waals surface area contributed by atoms with E-state index in [9.17, 15) is 18.3 Å². The summed E-state index contributed by atoms with van der Waals surface area (Å²) in [5.41, 5.74) is 1.89. The molecule has 0 radical (unpaired) electrons. The average molecular weight is 536 g/mol. The van der Waals surface area contributed by atoms with E-state index in [2.05, 4.69) is 4.99 Å². The molecule has 2 heterocycles. The quantitative estimate of drug-likeness (QED) is 0.337. The summed E-state index contributed by atoms with van der Waals surface area (Å²) >= 11 is 6.30. The molecule has 0 amide bonds. The molecule has 9 heteroatoms. The minimum Gasteiger partial charge on any atom is -0.494 e. The number of hydrogen-bond acceptors (Lipinski definition) is 5. The third-order valence-electron chi connectivity index (χ3n) is 6.59. The van der Waals surface area contributed by atoms with Crippen molar-refractivity contribution >= 4 is 44.3 Å². The lowest BCUT2D eigenvalue weighted by Gasteiger charge is -2.26. The van der Waals surface area contributed by atoms with Crippen molar-refractivity contribution in [2.24, 2.45) is 4.99 Å². The summed E-state index contributed by atoms with van der Waals surface area (Å²) in [6.07, 6.45) is 4.09. The second-order valence-electron chi connectivity index (χ2n) is 9.10. The molecule has 1 aromatic heterocycles. The fourth-order valence-corrected chi connectivity index (χ4v) is 6.59. The zero-order valence-electron chi connectivity index (χ0n) is 20.3.